The van der Waals surface area contributed by atoms with Crippen molar-refractivity contribution in [3.63, 3.8) is 0 Å². The molecule has 0 bridgehead atoms. The van der Waals surface area contributed by atoms with E-state index in [2.05, 4.69) is 57.1 Å². The lowest BCUT2D eigenvalue weighted by atomic mass is 10.0. The van der Waals surface area contributed by atoms with Gasteiger partial charge in [-0.2, -0.15) is 0 Å². The highest BCUT2D eigenvalue weighted by Crippen LogP contribution is 2.25. The van der Waals surface area contributed by atoms with E-state index < -0.39 is 0 Å². The Balaban J connectivity index is 1.55. The lowest BCUT2D eigenvalue weighted by Gasteiger charge is -2.38. The van der Waals surface area contributed by atoms with Crippen LogP contribution in [0.5, 0.6) is 0 Å². The highest BCUT2D eigenvalue weighted by Gasteiger charge is 2.25. The van der Waals surface area contributed by atoms with Crippen LogP contribution in [0.2, 0.25) is 0 Å². The summed E-state index contributed by atoms with van der Waals surface area (Å²) < 4.78 is 0. The molecule has 5 heteroatoms. The molecule has 1 aromatic carbocycles. The fraction of sp³-hybridized carbons (Fsp3) is 0.350. The van der Waals surface area contributed by atoms with Gasteiger partial charge in [-0.3, -0.25) is 0 Å². The van der Waals surface area contributed by atoms with E-state index in [1.165, 1.54) is 11.8 Å². The third-order valence-electron chi connectivity index (χ3n) is 5.00. The smallest absolute Gasteiger partial charge is 0.132 e. The fourth-order valence-electron chi connectivity index (χ4n) is 3.53. The Morgan fingerprint density at radius 2 is 2.00 bits per heavy atom. The number of nitrogens with zero attached hydrogens (tertiary/aromatic N) is 5. The molecule has 1 unspecified atom stereocenters. The summed E-state index contributed by atoms with van der Waals surface area (Å²) in [5.74, 6) is 2.06. The largest absolute Gasteiger partial charge is 0.355 e. The maximum absolute atomic E-state index is 4.86. The Bertz CT molecular complexity index is 879. The first-order valence-electron chi connectivity index (χ1n) is 8.83. The van der Waals surface area contributed by atoms with Crippen molar-refractivity contribution in [3.8, 4) is 0 Å². The quantitative estimate of drug-likeness (QED) is 0.735. The third kappa shape index (κ3) is 3.27. The minimum absolute atomic E-state index is 0.427. The van der Waals surface area contributed by atoms with Gasteiger partial charge in [0.15, 0.2) is 0 Å². The van der Waals surface area contributed by atoms with E-state index in [0.717, 1.165) is 42.4 Å². The summed E-state index contributed by atoms with van der Waals surface area (Å²) >= 11 is 0. The molecule has 3 aromatic rings. The van der Waals surface area contributed by atoms with Crippen molar-refractivity contribution in [1.82, 2.24) is 15.0 Å². The van der Waals surface area contributed by atoms with Gasteiger partial charge in [-0.25, -0.2) is 15.0 Å². The number of piperidine rings is 1. The average Bonchev–Trinajstić information content (AvgIpc) is 2.67. The normalized spacial score (nSPS) is 17.7. The minimum Gasteiger partial charge on any atom is -0.355 e. The summed E-state index contributed by atoms with van der Waals surface area (Å²) in [6.07, 6.45) is 3.98. The van der Waals surface area contributed by atoms with Gasteiger partial charge in [0, 0.05) is 43.3 Å². The van der Waals surface area contributed by atoms with Gasteiger partial charge < -0.3 is 9.80 Å². The number of likely N-dealkylation sites (N-methyl/N-ethyl adjacent to an activating group) is 1. The third-order valence-corrected chi connectivity index (χ3v) is 5.00. The highest BCUT2D eigenvalue weighted by molar-refractivity contribution is 5.80. The molecule has 3 heterocycles. The second-order valence-electron chi connectivity index (χ2n) is 6.73. The molecule has 1 aliphatic rings. The molecule has 0 aliphatic carbocycles. The molecule has 4 rings (SSSR count). The van der Waals surface area contributed by atoms with E-state index in [0.29, 0.717) is 6.04 Å². The van der Waals surface area contributed by atoms with E-state index in [4.69, 9.17) is 4.98 Å². The molecule has 1 aliphatic heterocycles. The summed E-state index contributed by atoms with van der Waals surface area (Å²) in [5, 5.41) is 1.19. The number of fused-ring (bicyclic) bond motifs is 1. The van der Waals surface area contributed by atoms with E-state index >= 15 is 0 Å². The number of rotatable bonds is 3. The van der Waals surface area contributed by atoms with Crippen LogP contribution in [0.1, 0.15) is 18.5 Å². The molecular formula is C20H23N5. The van der Waals surface area contributed by atoms with E-state index in [-0.39, 0.29) is 0 Å². The van der Waals surface area contributed by atoms with Crippen LogP contribution >= 0.6 is 0 Å². The predicted molar refractivity (Wildman–Crippen MR) is 102 cm³/mol. The van der Waals surface area contributed by atoms with Crippen LogP contribution in [0, 0.1) is 6.92 Å². The summed E-state index contributed by atoms with van der Waals surface area (Å²) in [6.45, 7) is 4.02. The predicted octanol–water partition coefficient (Wildman–Crippen LogP) is 3.44. The second-order valence-corrected chi connectivity index (χ2v) is 6.73. The number of aromatic nitrogens is 3. The maximum Gasteiger partial charge on any atom is 0.132 e. The molecule has 2 aromatic heterocycles. The maximum atomic E-state index is 4.86. The summed E-state index contributed by atoms with van der Waals surface area (Å²) in [5.41, 5.74) is 2.06. The lowest BCUT2D eigenvalue weighted by Crippen LogP contribution is -2.47. The van der Waals surface area contributed by atoms with E-state index in [9.17, 15) is 0 Å². The summed E-state index contributed by atoms with van der Waals surface area (Å²) in [4.78, 5) is 18.2. The van der Waals surface area contributed by atoms with Crippen molar-refractivity contribution < 1.29 is 0 Å². The summed E-state index contributed by atoms with van der Waals surface area (Å²) in [6, 6.07) is 15.1. The fourth-order valence-corrected chi connectivity index (χ4v) is 3.53. The molecule has 1 fully saturated rings. The first-order valence-corrected chi connectivity index (χ1v) is 8.83. The van der Waals surface area contributed by atoms with Gasteiger partial charge in [0.05, 0.1) is 5.52 Å². The Hall–Kier alpha value is -2.69. The number of aryl methyl sites for hydroxylation is 1. The second kappa shape index (κ2) is 6.67. The molecule has 5 nitrogen and oxygen atoms in total. The molecule has 0 radical (unpaired) electrons. The van der Waals surface area contributed by atoms with Crippen LogP contribution in [-0.4, -0.2) is 41.1 Å². The zero-order valence-corrected chi connectivity index (χ0v) is 14.8. The van der Waals surface area contributed by atoms with Crippen molar-refractivity contribution in [3.05, 3.63) is 54.5 Å². The van der Waals surface area contributed by atoms with Gasteiger partial charge in [-0.15, -0.1) is 0 Å². The summed E-state index contributed by atoms with van der Waals surface area (Å²) in [7, 11) is 2.13. The molecule has 0 N–H and O–H groups in total. The molecule has 25 heavy (non-hydrogen) atoms. The molecule has 0 spiro atoms. The number of para-hydroxylation sites is 1. The zero-order chi connectivity index (χ0) is 17.2. The van der Waals surface area contributed by atoms with Crippen molar-refractivity contribution in [2.24, 2.45) is 0 Å². The van der Waals surface area contributed by atoms with Crippen molar-refractivity contribution >= 4 is 22.5 Å². The van der Waals surface area contributed by atoms with Crippen molar-refractivity contribution in [2.75, 3.05) is 29.9 Å². The standard InChI is InChI=1S/C20H23N5/c1-15-12-20(22-14-21-15)24(2)17-7-5-11-25(13-17)19-10-9-16-6-3-4-8-18(16)23-19/h3-4,6,8-10,12,14,17H,5,7,11,13H2,1-2H3. The first-order chi connectivity index (χ1) is 12.2. The van der Waals surface area contributed by atoms with Crippen LogP contribution in [-0.2, 0) is 0 Å². The Kier molecular flexibility index (Phi) is 4.22. The lowest BCUT2D eigenvalue weighted by molar-refractivity contribution is 0.483. The van der Waals surface area contributed by atoms with Crippen molar-refractivity contribution in [1.29, 1.82) is 0 Å². The monoisotopic (exact) mass is 333 g/mol. The van der Waals surface area contributed by atoms with Crippen LogP contribution in [0.4, 0.5) is 11.6 Å². The van der Waals surface area contributed by atoms with Gasteiger partial charge in [0.2, 0.25) is 0 Å². The molecule has 128 valence electrons. The Labute approximate surface area is 148 Å². The molecular weight excluding hydrogens is 310 g/mol. The van der Waals surface area contributed by atoms with Crippen LogP contribution in [0.3, 0.4) is 0 Å². The number of anilines is 2. The SMILES string of the molecule is Cc1cc(N(C)C2CCCN(c3ccc4ccccc4n3)C2)ncn1. The minimum atomic E-state index is 0.427. The van der Waals surface area contributed by atoms with E-state index in [1.807, 2.05) is 19.1 Å². The van der Waals surface area contributed by atoms with Crippen LogP contribution in [0.25, 0.3) is 10.9 Å². The van der Waals surface area contributed by atoms with Gasteiger partial charge in [0.1, 0.15) is 18.0 Å². The topological polar surface area (TPSA) is 45.2 Å². The van der Waals surface area contributed by atoms with Gasteiger partial charge in [0.25, 0.3) is 0 Å². The van der Waals surface area contributed by atoms with Gasteiger partial charge in [-0.05, 0) is 38.0 Å². The Morgan fingerprint density at radius 1 is 1.12 bits per heavy atom. The van der Waals surface area contributed by atoms with Gasteiger partial charge in [-0.1, -0.05) is 18.2 Å². The average molecular weight is 333 g/mol. The number of hydrogen-bond donors (Lipinski definition) is 0. The zero-order valence-electron chi connectivity index (χ0n) is 14.8. The molecule has 1 saturated heterocycles. The van der Waals surface area contributed by atoms with E-state index in [1.54, 1.807) is 6.33 Å². The Morgan fingerprint density at radius 3 is 2.88 bits per heavy atom. The number of pyridine rings is 1. The van der Waals surface area contributed by atoms with Gasteiger partial charge >= 0.3 is 0 Å². The molecule has 1 atom stereocenters. The van der Waals surface area contributed by atoms with Crippen molar-refractivity contribution in [2.45, 2.75) is 25.8 Å². The van der Waals surface area contributed by atoms with Crippen LogP contribution < -0.4 is 9.80 Å². The highest BCUT2D eigenvalue weighted by atomic mass is 15.3. The number of hydrogen-bond acceptors (Lipinski definition) is 5. The first kappa shape index (κ1) is 15.8. The van der Waals surface area contributed by atoms with Crippen LogP contribution in [0.15, 0.2) is 48.8 Å². The molecule has 0 saturated carbocycles. The molecule has 0 amide bonds. The number of benzene rings is 1.